The highest BCUT2D eigenvalue weighted by Gasteiger charge is 2.33. The lowest BCUT2D eigenvalue weighted by Gasteiger charge is -2.22. The second-order valence-electron chi connectivity index (χ2n) is 5.01. The summed E-state index contributed by atoms with van der Waals surface area (Å²) in [6.07, 6.45) is 3.63. The van der Waals surface area contributed by atoms with Crippen LogP contribution in [0.1, 0.15) is 28.9 Å². The van der Waals surface area contributed by atoms with Crippen molar-refractivity contribution < 1.29 is 9.18 Å². The standard InChI is InChI=1S/C16H15FN2O/c17-13-5-3-4-12(10-13)11-19(14-7-8-14)16(20)15-6-1-2-9-18-15/h1-6,9-10,14H,7-8,11H2. The van der Waals surface area contributed by atoms with Gasteiger partial charge >= 0.3 is 0 Å². The number of rotatable bonds is 4. The lowest BCUT2D eigenvalue weighted by Crippen LogP contribution is -2.33. The Morgan fingerprint density at radius 2 is 2.10 bits per heavy atom. The van der Waals surface area contributed by atoms with Crippen LogP contribution in [0.15, 0.2) is 48.7 Å². The predicted octanol–water partition coefficient (Wildman–Crippen LogP) is 3.03. The molecule has 1 heterocycles. The van der Waals surface area contributed by atoms with E-state index < -0.39 is 0 Å². The van der Waals surface area contributed by atoms with Gasteiger partial charge in [0.15, 0.2) is 0 Å². The second kappa shape index (κ2) is 5.41. The molecule has 0 unspecified atom stereocenters. The Morgan fingerprint density at radius 3 is 2.75 bits per heavy atom. The molecule has 0 radical (unpaired) electrons. The Kier molecular flexibility index (Phi) is 3.46. The summed E-state index contributed by atoms with van der Waals surface area (Å²) < 4.78 is 13.2. The lowest BCUT2D eigenvalue weighted by molar-refractivity contribution is 0.0723. The molecule has 3 rings (SSSR count). The second-order valence-corrected chi connectivity index (χ2v) is 5.01. The maximum absolute atomic E-state index is 13.2. The fraction of sp³-hybridized carbons (Fsp3) is 0.250. The van der Waals surface area contributed by atoms with E-state index in [2.05, 4.69) is 4.98 Å². The molecule has 0 aliphatic heterocycles. The minimum Gasteiger partial charge on any atom is -0.330 e. The molecular weight excluding hydrogens is 255 g/mol. The van der Waals surface area contributed by atoms with Crippen molar-refractivity contribution in [2.75, 3.05) is 0 Å². The van der Waals surface area contributed by atoms with E-state index in [1.165, 1.54) is 12.1 Å². The zero-order valence-corrected chi connectivity index (χ0v) is 11.0. The Hall–Kier alpha value is -2.23. The number of carbonyl (C=O) groups is 1. The minimum absolute atomic E-state index is 0.0858. The quantitative estimate of drug-likeness (QED) is 0.855. The first-order valence-corrected chi connectivity index (χ1v) is 6.70. The summed E-state index contributed by atoms with van der Waals surface area (Å²) in [6.45, 7) is 0.428. The van der Waals surface area contributed by atoms with E-state index in [0.717, 1.165) is 18.4 Å². The van der Waals surface area contributed by atoms with Gasteiger partial charge in [-0.1, -0.05) is 18.2 Å². The van der Waals surface area contributed by atoms with Crippen LogP contribution in [0.25, 0.3) is 0 Å². The topological polar surface area (TPSA) is 33.2 Å². The van der Waals surface area contributed by atoms with Gasteiger partial charge in [-0.25, -0.2) is 4.39 Å². The SMILES string of the molecule is O=C(c1ccccn1)N(Cc1cccc(F)c1)C1CC1. The molecule has 1 aromatic heterocycles. The number of carbonyl (C=O) groups excluding carboxylic acids is 1. The van der Waals surface area contributed by atoms with Gasteiger partial charge in [0.25, 0.3) is 5.91 Å². The van der Waals surface area contributed by atoms with Crippen LogP contribution in [-0.2, 0) is 6.54 Å². The Bertz CT molecular complexity index is 611. The number of aromatic nitrogens is 1. The summed E-state index contributed by atoms with van der Waals surface area (Å²) in [5.41, 5.74) is 1.25. The van der Waals surface area contributed by atoms with Crippen LogP contribution in [0.4, 0.5) is 4.39 Å². The minimum atomic E-state index is -0.275. The molecule has 1 aliphatic rings. The van der Waals surface area contributed by atoms with E-state index in [0.29, 0.717) is 12.2 Å². The first kappa shape index (κ1) is 12.8. The summed E-state index contributed by atoms with van der Waals surface area (Å²) in [5.74, 6) is -0.360. The molecule has 1 amide bonds. The molecule has 0 N–H and O–H groups in total. The maximum Gasteiger partial charge on any atom is 0.272 e. The van der Waals surface area contributed by atoms with E-state index in [9.17, 15) is 9.18 Å². The third kappa shape index (κ3) is 2.85. The molecule has 1 aliphatic carbocycles. The molecule has 102 valence electrons. The van der Waals surface area contributed by atoms with Gasteiger partial charge in [0, 0.05) is 18.8 Å². The van der Waals surface area contributed by atoms with Crippen molar-refractivity contribution in [3.8, 4) is 0 Å². The number of pyridine rings is 1. The Balaban J connectivity index is 1.81. The van der Waals surface area contributed by atoms with Crippen LogP contribution < -0.4 is 0 Å². The molecule has 3 nitrogen and oxygen atoms in total. The summed E-state index contributed by atoms with van der Waals surface area (Å²) in [7, 11) is 0. The fourth-order valence-electron chi connectivity index (χ4n) is 2.22. The Morgan fingerprint density at radius 1 is 1.25 bits per heavy atom. The molecule has 4 heteroatoms. The zero-order chi connectivity index (χ0) is 13.9. The van der Waals surface area contributed by atoms with Crippen LogP contribution in [-0.4, -0.2) is 21.8 Å². The number of benzene rings is 1. The normalized spacial score (nSPS) is 14.1. The molecule has 1 aromatic carbocycles. The van der Waals surface area contributed by atoms with Gasteiger partial charge in [-0.2, -0.15) is 0 Å². The summed E-state index contributed by atoms with van der Waals surface area (Å²) >= 11 is 0. The lowest BCUT2D eigenvalue weighted by atomic mass is 10.2. The van der Waals surface area contributed by atoms with Crippen LogP contribution in [0.2, 0.25) is 0 Å². The van der Waals surface area contributed by atoms with Crippen molar-refractivity contribution in [3.63, 3.8) is 0 Å². The van der Waals surface area contributed by atoms with Crippen molar-refractivity contribution in [1.82, 2.24) is 9.88 Å². The highest BCUT2D eigenvalue weighted by molar-refractivity contribution is 5.92. The van der Waals surface area contributed by atoms with Crippen molar-refractivity contribution in [2.24, 2.45) is 0 Å². The third-order valence-corrected chi connectivity index (χ3v) is 3.37. The molecule has 1 fully saturated rings. The number of hydrogen-bond acceptors (Lipinski definition) is 2. The van der Waals surface area contributed by atoms with Gasteiger partial charge < -0.3 is 4.90 Å². The molecule has 0 saturated heterocycles. The maximum atomic E-state index is 13.2. The largest absolute Gasteiger partial charge is 0.330 e. The monoisotopic (exact) mass is 270 g/mol. The van der Waals surface area contributed by atoms with Crippen molar-refractivity contribution in [3.05, 3.63) is 65.7 Å². The molecule has 20 heavy (non-hydrogen) atoms. The van der Waals surface area contributed by atoms with E-state index in [1.807, 2.05) is 6.07 Å². The van der Waals surface area contributed by atoms with Crippen LogP contribution in [0.3, 0.4) is 0 Å². The average Bonchev–Trinajstić information content (AvgIpc) is 3.30. The third-order valence-electron chi connectivity index (χ3n) is 3.37. The van der Waals surface area contributed by atoms with Gasteiger partial charge in [-0.05, 0) is 42.7 Å². The number of nitrogens with zero attached hydrogens (tertiary/aromatic N) is 2. The van der Waals surface area contributed by atoms with Gasteiger partial charge in [0.1, 0.15) is 11.5 Å². The first-order chi connectivity index (χ1) is 9.74. The highest BCUT2D eigenvalue weighted by atomic mass is 19.1. The Labute approximate surface area is 117 Å². The number of halogens is 1. The van der Waals surface area contributed by atoms with Crippen LogP contribution in [0.5, 0.6) is 0 Å². The van der Waals surface area contributed by atoms with Crippen molar-refractivity contribution in [1.29, 1.82) is 0 Å². The molecule has 2 aromatic rings. The summed E-state index contributed by atoms with van der Waals surface area (Å²) in [6, 6.07) is 11.9. The average molecular weight is 270 g/mol. The molecule has 0 atom stereocenters. The van der Waals surface area contributed by atoms with Gasteiger partial charge in [0.05, 0.1) is 0 Å². The smallest absolute Gasteiger partial charge is 0.272 e. The zero-order valence-electron chi connectivity index (χ0n) is 11.0. The summed E-state index contributed by atoms with van der Waals surface area (Å²) in [5, 5.41) is 0. The number of hydrogen-bond donors (Lipinski definition) is 0. The molecular formula is C16H15FN2O. The van der Waals surface area contributed by atoms with Crippen molar-refractivity contribution in [2.45, 2.75) is 25.4 Å². The molecule has 1 saturated carbocycles. The predicted molar refractivity (Wildman–Crippen MR) is 73.5 cm³/mol. The first-order valence-electron chi connectivity index (χ1n) is 6.70. The van der Waals surface area contributed by atoms with Crippen LogP contribution in [0, 0.1) is 5.82 Å². The fourth-order valence-corrected chi connectivity index (χ4v) is 2.22. The van der Waals surface area contributed by atoms with Gasteiger partial charge in [-0.15, -0.1) is 0 Å². The van der Waals surface area contributed by atoms with Gasteiger partial charge in [0.2, 0.25) is 0 Å². The molecule has 0 spiro atoms. The van der Waals surface area contributed by atoms with Crippen molar-refractivity contribution >= 4 is 5.91 Å². The molecule has 0 bridgehead atoms. The van der Waals surface area contributed by atoms with E-state index in [1.54, 1.807) is 35.4 Å². The van der Waals surface area contributed by atoms with E-state index in [-0.39, 0.29) is 17.8 Å². The van der Waals surface area contributed by atoms with E-state index >= 15 is 0 Å². The van der Waals surface area contributed by atoms with Gasteiger partial charge in [-0.3, -0.25) is 9.78 Å². The highest BCUT2D eigenvalue weighted by Crippen LogP contribution is 2.29. The van der Waals surface area contributed by atoms with E-state index in [4.69, 9.17) is 0 Å². The number of amides is 1. The van der Waals surface area contributed by atoms with Crippen LogP contribution >= 0.6 is 0 Å². The summed E-state index contributed by atoms with van der Waals surface area (Å²) in [4.78, 5) is 18.4.